The van der Waals surface area contributed by atoms with Gasteiger partial charge in [-0.25, -0.2) is 4.79 Å². The Hall–Kier alpha value is -2.14. The van der Waals surface area contributed by atoms with Crippen molar-refractivity contribution in [2.75, 3.05) is 24.3 Å². The van der Waals surface area contributed by atoms with E-state index in [-0.39, 0.29) is 0 Å². The lowest BCUT2D eigenvalue weighted by atomic mass is 10.1. The summed E-state index contributed by atoms with van der Waals surface area (Å²) in [6.07, 6.45) is 1.61. The molecule has 6 heteroatoms. The van der Waals surface area contributed by atoms with E-state index < -0.39 is 5.97 Å². The Morgan fingerprint density at radius 3 is 2.81 bits per heavy atom. The predicted octanol–water partition coefficient (Wildman–Crippen LogP) is 3.33. The summed E-state index contributed by atoms with van der Waals surface area (Å²) in [5.74, 6) is 0.303. The number of rotatable bonds is 5. The Labute approximate surface area is 128 Å². The summed E-state index contributed by atoms with van der Waals surface area (Å²) in [6, 6.07) is 6.87. The average Bonchev–Trinajstić information content (AvgIpc) is 2.96. The third-order valence-electron chi connectivity index (χ3n) is 3.12. The van der Waals surface area contributed by atoms with Crippen molar-refractivity contribution < 1.29 is 13.9 Å². The van der Waals surface area contributed by atoms with Gasteiger partial charge in [-0.1, -0.05) is 11.6 Å². The summed E-state index contributed by atoms with van der Waals surface area (Å²) >= 11 is 6.29. The van der Waals surface area contributed by atoms with Crippen LogP contribution in [0.1, 0.15) is 23.0 Å². The highest BCUT2D eigenvalue weighted by atomic mass is 35.5. The molecule has 112 valence electrons. The van der Waals surface area contributed by atoms with E-state index in [0.29, 0.717) is 35.1 Å². The summed E-state index contributed by atoms with van der Waals surface area (Å²) in [6.45, 7) is 3.11. The third-order valence-corrected chi connectivity index (χ3v) is 3.40. The van der Waals surface area contributed by atoms with Gasteiger partial charge < -0.3 is 19.8 Å². The van der Waals surface area contributed by atoms with Crippen LogP contribution in [0.25, 0.3) is 0 Å². The molecular formula is C15H17ClN2O3. The number of nitrogens with zero attached hydrogens (tertiary/aromatic N) is 1. The van der Waals surface area contributed by atoms with Crippen LogP contribution in [0.4, 0.5) is 11.4 Å². The number of anilines is 2. The lowest BCUT2D eigenvalue weighted by Gasteiger charge is -2.25. The van der Waals surface area contributed by atoms with E-state index in [1.54, 1.807) is 18.4 Å². The van der Waals surface area contributed by atoms with Crippen LogP contribution in [0.5, 0.6) is 0 Å². The van der Waals surface area contributed by atoms with Crippen LogP contribution in [-0.2, 0) is 11.3 Å². The molecule has 2 rings (SSSR count). The lowest BCUT2D eigenvalue weighted by molar-refractivity contribution is 0.0601. The first kappa shape index (κ1) is 15.3. The molecule has 0 aliphatic carbocycles. The second-order valence-corrected chi connectivity index (χ2v) is 4.89. The van der Waals surface area contributed by atoms with Crippen molar-refractivity contribution in [2.24, 2.45) is 0 Å². The second-order valence-electron chi connectivity index (χ2n) is 4.48. The molecule has 21 heavy (non-hydrogen) atoms. The van der Waals surface area contributed by atoms with Gasteiger partial charge in [-0.3, -0.25) is 0 Å². The minimum absolute atomic E-state index is 0.343. The van der Waals surface area contributed by atoms with Gasteiger partial charge in [0.1, 0.15) is 5.76 Å². The van der Waals surface area contributed by atoms with Gasteiger partial charge in [-0.05, 0) is 31.2 Å². The highest BCUT2D eigenvalue weighted by Crippen LogP contribution is 2.34. The van der Waals surface area contributed by atoms with Crippen molar-refractivity contribution in [3.8, 4) is 0 Å². The Bertz CT molecular complexity index is 626. The van der Waals surface area contributed by atoms with E-state index in [1.165, 1.54) is 7.11 Å². The van der Waals surface area contributed by atoms with E-state index in [2.05, 4.69) is 0 Å². The van der Waals surface area contributed by atoms with Crippen LogP contribution < -0.4 is 10.6 Å². The minimum atomic E-state index is -0.475. The van der Waals surface area contributed by atoms with Crippen LogP contribution in [0.3, 0.4) is 0 Å². The third kappa shape index (κ3) is 3.31. The van der Waals surface area contributed by atoms with E-state index in [4.69, 9.17) is 26.5 Å². The zero-order valence-corrected chi connectivity index (χ0v) is 12.7. The van der Waals surface area contributed by atoms with Crippen molar-refractivity contribution in [3.63, 3.8) is 0 Å². The quantitative estimate of drug-likeness (QED) is 0.678. The van der Waals surface area contributed by atoms with E-state index >= 15 is 0 Å². The molecule has 0 aliphatic heterocycles. The Morgan fingerprint density at radius 2 is 2.24 bits per heavy atom. The van der Waals surface area contributed by atoms with Crippen LogP contribution in [0.2, 0.25) is 5.02 Å². The van der Waals surface area contributed by atoms with Gasteiger partial charge in [0.05, 0.1) is 36.2 Å². The summed E-state index contributed by atoms with van der Waals surface area (Å²) < 4.78 is 10.2. The lowest BCUT2D eigenvalue weighted by Crippen LogP contribution is -2.25. The number of carbonyl (C=O) groups is 1. The summed E-state index contributed by atoms with van der Waals surface area (Å²) in [5, 5.41) is 0.406. The molecule has 2 N–H and O–H groups in total. The van der Waals surface area contributed by atoms with Gasteiger partial charge in [0.25, 0.3) is 0 Å². The molecule has 0 bridgehead atoms. The standard InChI is InChI=1S/C15H17ClN2O3/c1-3-18(9-11-5-4-6-21-11)14-12(15(19)20-2)7-10(17)8-13(14)16/h4-8H,3,9,17H2,1-2H3. The number of nitrogen functional groups attached to an aromatic ring is 1. The van der Waals surface area contributed by atoms with Gasteiger partial charge in [-0.15, -0.1) is 0 Å². The van der Waals surface area contributed by atoms with E-state index in [0.717, 1.165) is 5.76 Å². The SMILES string of the molecule is CCN(Cc1ccco1)c1c(Cl)cc(N)cc1C(=O)OC. The number of ether oxygens (including phenoxy) is 1. The Kier molecular flexibility index (Phi) is 4.75. The molecule has 0 aliphatic rings. The van der Waals surface area contributed by atoms with Crippen LogP contribution in [0.15, 0.2) is 34.9 Å². The normalized spacial score (nSPS) is 10.4. The number of methoxy groups -OCH3 is 1. The van der Waals surface area contributed by atoms with Gasteiger partial charge in [-0.2, -0.15) is 0 Å². The highest BCUT2D eigenvalue weighted by Gasteiger charge is 2.21. The molecule has 5 nitrogen and oxygen atoms in total. The monoisotopic (exact) mass is 308 g/mol. The van der Waals surface area contributed by atoms with E-state index in [9.17, 15) is 4.79 Å². The van der Waals surface area contributed by atoms with Crippen LogP contribution in [-0.4, -0.2) is 19.6 Å². The number of hydrogen-bond donors (Lipinski definition) is 1. The minimum Gasteiger partial charge on any atom is -0.467 e. The summed E-state index contributed by atoms with van der Waals surface area (Å²) in [4.78, 5) is 13.9. The molecule has 1 aromatic heterocycles. The number of hydrogen-bond acceptors (Lipinski definition) is 5. The molecule has 0 unspecified atom stereocenters. The molecule has 0 amide bonds. The highest BCUT2D eigenvalue weighted by molar-refractivity contribution is 6.34. The molecule has 0 saturated heterocycles. The number of nitrogens with two attached hydrogens (primary N) is 1. The van der Waals surface area contributed by atoms with Crippen molar-refractivity contribution >= 4 is 28.9 Å². The topological polar surface area (TPSA) is 68.7 Å². The van der Waals surface area contributed by atoms with Crippen molar-refractivity contribution in [1.29, 1.82) is 0 Å². The predicted molar refractivity (Wildman–Crippen MR) is 82.6 cm³/mol. The molecular weight excluding hydrogens is 292 g/mol. The second kappa shape index (κ2) is 6.54. The molecule has 0 fully saturated rings. The fraction of sp³-hybridized carbons (Fsp3) is 0.267. The van der Waals surface area contributed by atoms with Gasteiger partial charge in [0, 0.05) is 12.2 Å². The van der Waals surface area contributed by atoms with Crippen molar-refractivity contribution in [3.05, 3.63) is 46.9 Å². The van der Waals surface area contributed by atoms with Crippen molar-refractivity contribution in [1.82, 2.24) is 0 Å². The first-order valence-corrected chi connectivity index (χ1v) is 6.89. The number of benzene rings is 1. The maximum atomic E-state index is 12.0. The number of furan rings is 1. The maximum Gasteiger partial charge on any atom is 0.340 e. The zero-order chi connectivity index (χ0) is 15.4. The van der Waals surface area contributed by atoms with Crippen LogP contribution >= 0.6 is 11.6 Å². The molecule has 0 saturated carbocycles. The smallest absolute Gasteiger partial charge is 0.340 e. The average molecular weight is 309 g/mol. The zero-order valence-electron chi connectivity index (χ0n) is 11.9. The molecule has 0 spiro atoms. The summed E-state index contributed by atoms with van der Waals surface area (Å²) in [7, 11) is 1.33. The first-order chi connectivity index (χ1) is 10.1. The molecule has 2 aromatic rings. The van der Waals surface area contributed by atoms with Gasteiger partial charge >= 0.3 is 5.97 Å². The number of esters is 1. The fourth-order valence-corrected chi connectivity index (χ4v) is 2.49. The van der Waals surface area contributed by atoms with E-state index in [1.807, 2.05) is 24.0 Å². The summed E-state index contributed by atoms with van der Waals surface area (Å²) in [5.41, 5.74) is 7.12. The van der Waals surface area contributed by atoms with Crippen molar-refractivity contribution in [2.45, 2.75) is 13.5 Å². The van der Waals surface area contributed by atoms with Gasteiger partial charge in [0.2, 0.25) is 0 Å². The molecule has 1 heterocycles. The number of halogens is 1. The Morgan fingerprint density at radius 1 is 1.48 bits per heavy atom. The van der Waals surface area contributed by atoms with Gasteiger partial charge in [0.15, 0.2) is 0 Å². The molecule has 1 aromatic carbocycles. The molecule has 0 radical (unpaired) electrons. The number of carbonyl (C=O) groups excluding carboxylic acids is 1. The fourth-order valence-electron chi connectivity index (χ4n) is 2.15. The first-order valence-electron chi connectivity index (χ1n) is 6.51. The largest absolute Gasteiger partial charge is 0.467 e. The van der Waals surface area contributed by atoms with Crippen LogP contribution in [0, 0.1) is 0 Å². The maximum absolute atomic E-state index is 12.0. The molecule has 0 atom stereocenters. The Balaban J connectivity index is 2.46.